The van der Waals surface area contributed by atoms with Crippen LogP contribution in [0.3, 0.4) is 0 Å². The number of aromatic hydroxyl groups is 2. The third-order valence-corrected chi connectivity index (χ3v) is 4.69. The van der Waals surface area contributed by atoms with E-state index in [1.54, 1.807) is 53.4 Å². The van der Waals surface area contributed by atoms with E-state index in [9.17, 15) is 15.0 Å². The first kappa shape index (κ1) is 17.7. The molecule has 0 saturated heterocycles. The minimum Gasteiger partial charge on any atom is -0.504 e. The number of carbonyl (C=O) groups is 1. The lowest BCUT2D eigenvalue weighted by molar-refractivity contribution is 0.0974. The molecule has 1 aliphatic heterocycles. The summed E-state index contributed by atoms with van der Waals surface area (Å²) in [6.07, 6.45) is -0.688. The highest BCUT2D eigenvalue weighted by Crippen LogP contribution is 2.41. The van der Waals surface area contributed by atoms with Crippen molar-refractivity contribution >= 4 is 17.3 Å². The third-order valence-electron chi connectivity index (χ3n) is 4.69. The minimum absolute atomic E-state index is 0.203. The van der Waals surface area contributed by atoms with Crippen molar-refractivity contribution in [2.24, 2.45) is 0 Å². The summed E-state index contributed by atoms with van der Waals surface area (Å²) in [5.74, 6) is 0.00689. The average Bonchev–Trinajstić information content (AvgIpc) is 2.71. The molecule has 1 amide bonds. The van der Waals surface area contributed by atoms with Crippen molar-refractivity contribution in [2.45, 2.75) is 13.1 Å². The Morgan fingerprint density at radius 2 is 1.75 bits per heavy atom. The number of nitrogens with one attached hydrogen (secondary N) is 1. The molecule has 6 heteroatoms. The van der Waals surface area contributed by atoms with Crippen LogP contribution in [-0.2, 0) is 0 Å². The molecular weight excluding hydrogens is 356 g/mol. The van der Waals surface area contributed by atoms with E-state index in [-0.39, 0.29) is 17.4 Å². The molecule has 0 radical (unpaired) electrons. The van der Waals surface area contributed by atoms with Crippen LogP contribution in [0.1, 0.15) is 29.0 Å². The molecule has 3 aromatic carbocycles. The Bertz CT molecular complexity index is 1020. The maximum Gasteiger partial charge on any atom is 0.262 e. The Balaban J connectivity index is 1.84. The maximum atomic E-state index is 13.3. The molecule has 3 N–H and O–H groups in total. The summed E-state index contributed by atoms with van der Waals surface area (Å²) in [7, 11) is 0. The van der Waals surface area contributed by atoms with Crippen molar-refractivity contribution < 1.29 is 19.7 Å². The van der Waals surface area contributed by atoms with Crippen molar-refractivity contribution in [3.63, 3.8) is 0 Å². The van der Waals surface area contributed by atoms with Gasteiger partial charge in [-0.1, -0.05) is 24.3 Å². The van der Waals surface area contributed by atoms with E-state index < -0.39 is 6.17 Å². The van der Waals surface area contributed by atoms with Gasteiger partial charge in [0.2, 0.25) is 0 Å². The number of ether oxygens (including phenoxy) is 1. The van der Waals surface area contributed by atoms with E-state index in [0.29, 0.717) is 34.9 Å². The lowest BCUT2D eigenvalue weighted by atomic mass is 10.0. The quantitative estimate of drug-likeness (QED) is 0.593. The van der Waals surface area contributed by atoms with Gasteiger partial charge in [-0.2, -0.15) is 0 Å². The largest absolute Gasteiger partial charge is 0.504 e. The summed E-state index contributed by atoms with van der Waals surface area (Å²) in [5.41, 5.74) is 2.25. The van der Waals surface area contributed by atoms with E-state index in [4.69, 9.17) is 4.74 Å². The van der Waals surface area contributed by atoms with Gasteiger partial charge in [-0.25, -0.2) is 0 Å². The molecule has 0 saturated carbocycles. The van der Waals surface area contributed by atoms with Gasteiger partial charge in [0.25, 0.3) is 5.91 Å². The van der Waals surface area contributed by atoms with Crippen molar-refractivity contribution in [3.05, 3.63) is 77.9 Å². The predicted molar refractivity (Wildman–Crippen MR) is 107 cm³/mol. The van der Waals surface area contributed by atoms with Crippen molar-refractivity contribution in [3.8, 4) is 17.2 Å². The highest BCUT2D eigenvalue weighted by Gasteiger charge is 2.35. The van der Waals surface area contributed by atoms with E-state index >= 15 is 0 Å². The monoisotopic (exact) mass is 376 g/mol. The number of amides is 1. The fraction of sp³-hybridized carbons (Fsp3) is 0.136. The summed E-state index contributed by atoms with van der Waals surface area (Å²) < 4.78 is 5.49. The molecule has 6 nitrogen and oxygen atoms in total. The van der Waals surface area contributed by atoms with Crippen LogP contribution in [0.15, 0.2) is 66.7 Å². The summed E-state index contributed by atoms with van der Waals surface area (Å²) in [4.78, 5) is 14.9. The predicted octanol–water partition coefficient (Wildman–Crippen LogP) is 4.27. The topological polar surface area (TPSA) is 82.0 Å². The van der Waals surface area contributed by atoms with Crippen LogP contribution in [0.5, 0.6) is 17.2 Å². The van der Waals surface area contributed by atoms with Gasteiger partial charge in [0, 0.05) is 16.9 Å². The molecule has 0 fully saturated rings. The number of hydrogen-bond acceptors (Lipinski definition) is 5. The van der Waals surface area contributed by atoms with Crippen LogP contribution in [0.25, 0.3) is 0 Å². The Labute approximate surface area is 162 Å². The highest BCUT2D eigenvalue weighted by molar-refractivity contribution is 6.12. The average molecular weight is 376 g/mol. The second kappa shape index (κ2) is 7.15. The minimum atomic E-state index is -0.688. The fourth-order valence-corrected chi connectivity index (χ4v) is 3.38. The standard InChI is InChI=1S/C22H20N2O4/c1-2-28-15-12-10-14(11-13-15)24-21(17-7-5-9-19(25)20(17)26)23-18-8-4-3-6-16(18)22(24)27/h3-13,21,23,25-26H,2H2,1H3. The normalized spacial score (nSPS) is 15.7. The lowest BCUT2D eigenvalue weighted by Crippen LogP contribution is -2.43. The smallest absolute Gasteiger partial charge is 0.262 e. The molecular formula is C22H20N2O4. The number of hydrogen-bond donors (Lipinski definition) is 3. The fourth-order valence-electron chi connectivity index (χ4n) is 3.38. The Hall–Kier alpha value is -3.67. The molecule has 28 heavy (non-hydrogen) atoms. The van der Waals surface area contributed by atoms with Crippen molar-refractivity contribution in [2.75, 3.05) is 16.8 Å². The van der Waals surface area contributed by atoms with Crippen LogP contribution in [0.4, 0.5) is 11.4 Å². The zero-order valence-electron chi connectivity index (χ0n) is 15.3. The van der Waals surface area contributed by atoms with Crippen LogP contribution < -0.4 is 15.0 Å². The number of rotatable bonds is 4. The number of benzene rings is 3. The molecule has 142 valence electrons. The molecule has 0 aliphatic carbocycles. The van der Waals surface area contributed by atoms with E-state index in [1.165, 1.54) is 6.07 Å². The van der Waals surface area contributed by atoms with Crippen molar-refractivity contribution in [1.82, 2.24) is 0 Å². The molecule has 4 rings (SSSR count). The second-order valence-corrected chi connectivity index (χ2v) is 6.41. The first-order chi connectivity index (χ1) is 13.6. The zero-order chi connectivity index (χ0) is 19.7. The van der Waals surface area contributed by atoms with Crippen LogP contribution in [0, 0.1) is 0 Å². The molecule has 1 unspecified atom stereocenters. The Kier molecular flexibility index (Phi) is 4.53. The first-order valence-electron chi connectivity index (χ1n) is 9.03. The summed E-state index contributed by atoms with van der Waals surface area (Å²) in [6, 6.07) is 19.1. The second-order valence-electron chi connectivity index (χ2n) is 6.41. The van der Waals surface area contributed by atoms with Crippen molar-refractivity contribution in [1.29, 1.82) is 0 Å². The van der Waals surface area contributed by atoms with Crippen LogP contribution in [0.2, 0.25) is 0 Å². The van der Waals surface area contributed by atoms with Gasteiger partial charge in [0.1, 0.15) is 11.9 Å². The molecule has 3 aromatic rings. The summed E-state index contributed by atoms with van der Waals surface area (Å²) in [5, 5.41) is 23.7. The summed E-state index contributed by atoms with van der Waals surface area (Å²) in [6.45, 7) is 2.46. The van der Waals surface area contributed by atoms with E-state index in [0.717, 1.165) is 0 Å². The Morgan fingerprint density at radius 1 is 1.00 bits per heavy atom. The summed E-state index contributed by atoms with van der Waals surface area (Å²) >= 11 is 0. The van der Waals surface area contributed by atoms with Gasteiger partial charge in [-0.3, -0.25) is 9.69 Å². The van der Waals surface area contributed by atoms with Gasteiger partial charge in [0.15, 0.2) is 11.5 Å². The number of fused-ring (bicyclic) bond motifs is 1. The number of para-hydroxylation sites is 2. The highest BCUT2D eigenvalue weighted by atomic mass is 16.5. The van der Waals surface area contributed by atoms with E-state index in [1.807, 2.05) is 19.1 Å². The molecule has 0 bridgehead atoms. The first-order valence-corrected chi connectivity index (χ1v) is 9.03. The van der Waals surface area contributed by atoms with Crippen LogP contribution >= 0.6 is 0 Å². The number of nitrogens with zero attached hydrogens (tertiary/aromatic N) is 1. The molecule has 1 aliphatic rings. The van der Waals surface area contributed by atoms with E-state index in [2.05, 4.69) is 5.32 Å². The van der Waals surface area contributed by atoms with Gasteiger partial charge in [-0.15, -0.1) is 0 Å². The molecule has 1 heterocycles. The number of anilines is 2. The molecule has 1 atom stereocenters. The SMILES string of the molecule is CCOc1ccc(N2C(=O)c3ccccc3NC2c2cccc(O)c2O)cc1. The maximum absolute atomic E-state index is 13.3. The van der Waals surface area contributed by atoms with Crippen LogP contribution in [-0.4, -0.2) is 22.7 Å². The number of phenols is 2. The third kappa shape index (κ3) is 2.99. The van der Waals surface area contributed by atoms with Gasteiger partial charge in [-0.05, 0) is 49.4 Å². The number of phenolic OH excluding ortho intramolecular Hbond substituents is 2. The number of carbonyl (C=O) groups excluding carboxylic acids is 1. The molecule has 0 aromatic heterocycles. The van der Waals surface area contributed by atoms with Gasteiger partial charge < -0.3 is 20.3 Å². The molecule has 0 spiro atoms. The Morgan fingerprint density at radius 3 is 2.50 bits per heavy atom. The lowest BCUT2D eigenvalue weighted by Gasteiger charge is -2.38. The van der Waals surface area contributed by atoms with Gasteiger partial charge >= 0.3 is 0 Å². The zero-order valence-corrected chi connectivity index (χ0v) is 15.3. The van der Waals surface area contributed by atoms with Gasteiger partial charge in [0.05, 0.1) is 12.2 Å².